The molecule has 0 saturated heterocycles. The van der Waals surface area contributed by atoms with Gasteiger partial charge in [-0.1, -0.05) is 6.07 Å². The van der Waals surface area contributed by atoms with Gasteiger partial charge >= 0.3 is 0 Å². The number of rotatable bonds is 3. The molecule has 0 radical (unpaired) electrons. The normalized spacial score (nSPS) is 11.3. The van der Waals surface area contributed by atoms with Crippen LogP contribution in [0.4, 0.5) is 11.5 Å². The number of pyridine rings is 1. The summed E-state index contributed by atoms with van der Waals surface area (Å²) in [5, 5.41) is 0. The summed E-state index contributed by atoms with van der Waals surface area (Å²) in [5.74, 6) is -0.0145. The van der Waals surface area contributed by atoms with E-state index in [9.17, 15) is 8.42 Å². The molecule has 3 N–H and O–H groups in total. The predicted molar refractivity (Wildman–Crippen MR) is 75.4 cm³/mol. The molecule has 2 aromatic rings. The van der Waals surface area contributed by atoms with Gasteiger partial charge in [0.15, 0.2) is 0 Å². The summed E-state index contributed by atoms with van der Waals surface area (Å²) in [6.07, 6.45) is 1.45. The second-order valence-corrected chi connectivity index (χ2v) is 6.02. The first-order valence-corrected chi connectivity index (χ1v) is 7.18. The second kappa shape index (κ2) is 4.89. The Morgan fingerprint density at radius 1 is 1.16 bits per heavy atom. The summed E-state index contributed by atoms with van der Waals surface area (Å²) in [4.78, 5) is 3.76. The van der Waals surface area contributed by atoms with Crippen LogP contribution in [0.15, 0.2) is 41.4 Å². The van der Waals surface area contributed by atoms with Crippen LogP contribution in [-0.2, 0) is 10.0 Å². The topological polar surface area (TPSA) is 85.1 Å². The highest BCUT2D eigenvalue weighted by Gasteiger charge is 2.18. The van der Waals surface area contributed by atoms with Crippen molar-refractivity contribution in [2.24, 2.45) is 0 Å². The fourth-order valence-electron chi connectivity index (χ4n) is 1.87. The molecule has 0 atom stereocenters. The maximum absolute atomic E-state index is 12.2. The van der Waals surface area contributed by atoms with Crippen molar-refractivity contribution in [1.29, 1.82) is 0 Å². The summed E-state index contributed by atoms with van der Waals surface area (Å²) in [6, 6.07) is 8.45. The van der Waals surface area contributed by atoms with Crippen LogP contribution >= 0.6 is 0 Å². The molecule has 0 aliphatic rings. The Bertz CT molecular complexity index is 691. The van der Waals surface area contributed by atoms with Crippen LogP contribution in [0.3, 0.4) is 0 Å². The lowest BCUT2D eigenvalue weighted by molar-refractivity contribution is 0.601. The Morgan fingerprint density at radius 3 is 2.37 bits per heavy atom. The molecule has 0 fully saturated rings. The fourth-order valence-corrected chi connectivity index (χ4v) is 3.00. The number of aryl methyl sites for hydroxylation is 2. The first kappa shape index (κ1) is 13.4. The number of hydrogen-bond acceptors (Lipinski definition) is 4. The minimum Gasteiger partial charge on any atom is -0.383 e. The molecule has 5 nitrogen and oxygen atoms in total. The smallest absolute Gasteiger partial charge is 0.265 e. The van der Waals surface area contributed by atoms with Gasteiger partial charge < -0.3 is 5.73 Å². The van der Waals surface area contributed by atoms with Crippen molar-refractivity contribution in [3.05, 3.63) is 47.7 Å². The summed E-state index contributed by atoms with van der Waals surface area (Å²) in [5.41, 5.74) is 8.07. The molecule has 0 aliphatic carbocycles. The molecule has 6 heteroatoms. The number of nitrogens with zero attached hydrogens (tertiary/aromatic N) is 1. The van der Waals surface area contributed by atoms with Crippen LogP contribution in [0.2, 0.25) is 0 Å². The maximum Gasteiger partial charge on any atom is 0.265 e. The van der Waals surface area contributed by atoms with E-state index in [1.165, 1.54) is 18.3 Å². The number of benzene rings is 1. The van der Waals surface area contributed by atoms with E-state index < -0.39 is 10.0 Å². The number of aromatic nitrogens is 1. The molecule has 1 heterocycles. The van der Waals surface area contributed by atoms with Crippen molar-refractivity contribution in [3.8, 4) is 0 Å². The summed E-state index contributed by atoms with van der Waals surface area (Å²) < 4.78 is 26.9. The molecule has 0 amide bonds. The second-order valence-electron chi connectivity index (χ2n) is 4.37. The predicted octanol–water partition coefficient (Wildman–Crippen LogP) is 2.08. The molecule has 0 unspecified atom stereocenters. The number of anilines is 2. The third kappa shape index (κ3) is 3.03. The van der Waals surface area contributed by atoms with E-state index in [2.05, 4.69) is 9.71 Å². The van der Waals surface area contributed by atoms with E-state index in [4.69, 9.17) is 5.73 Å². The van der Waals surface area contributed by atoms with Crippen LogP contribution in [0, 0.1) is 13.8 Å². The van der Waals surface area contributed by atoms with E-state index >= 15 is 0 Å². The molecule has 1 aromatic carbocycles. The monoisotopic (exact) mass is 277 g/mol. The Hall–Kier alpha value is -2.08. The highest BCUT2D eigenvalue weighted by molar-refractivity contribution is 7.92. The Balaban J connectivity index is 2.39. The first-order chi connectivity index (χ1) is 8.88. The Kier molecular flexibility index (Phi) is 3.44. The van der Waals surface area contributed by atoms with Crippen LogP contribution in [0.5, 0.6) is 0 Å². The highest BCUT2D eigenvalue weighted by atomic mass is 32.2. The van der Waals surface area contributed by atoms with Gasteiger partial charge in [-0.25, -0.2) is 13.4 Å². The first-order valence-electron chi connectivity index (χ1n) is 5.70. The standard InChI is InChI=1S/C13H15N3O2S/c1-9-6-10(2)8-11(7-9)16-19(17,18)12-4-3-5-15-13(12)14/h3-8,16H,1-2H3,(H2,14,15). The highest BCUT2D eigenvalue weighted by Crippen LogP contribution is 2.21. The molecule has 0 spiro atoms. The van der Waals surface area contributed by atoms with E-state index in [0.717, 1.165) is 11.1 Å². The largest absolute Gasteiger partial charge is 0.383 e. The molecule has 2 rings (SSSR count). The number of nitrogen functional groups attached to an aromatic ring is 1. The van der Waals surface area contributed by atoms with Gasteiger partial charge in [-0.2, -0.15) is 0 Å². The van der Waals surface area contributed by atoms with Gasteiger partial charge in [0.2, 0.25) is 0 Å². The summed E-state index contributed by atoms with van der Waals surface area (Å²) in [6.45, 7) is 3.81. The van der Waals surface area contributed by atoms with Crippen molar-refractivity contribution < 1.29 is 8.42 Å². The van der Waals surface area contributed by atoms with Gasteiger partial charge in [-0.15, -0.1) is 0 Å². The van der Waals surface area contributed by atoms with E-state index in [-0.39, 0.29) is 10.7 Å². The fraction of sp³-hybridized carbons (Fsp3) is 0.154. The van der Waals surface area contributed by atoms with Crippen LogP contribution in [0.1, 0.15) is 11.1 Å². The Labute approximate surface area is 112 Å². The minimum atomic E-state index is -3.72. The average molecular weight is 277 g/mol. The number of sulfonamides is 1. The number of nitrogens with two attached hydrogens (primary N) is 1. The van der Waals surface area contributed by atoms with Crippen LogP contribution in [0.25, 0.3) is 0 Å². The van der Waals surface area contributed by atoms with E-state index in [0.29, 0.717) is 5.69 Å². The van der Waals surface area contributed by atoms with Crippen molar-refractivity contribution in [1.82, 2.24) is 4.98 Å². The minimum absolute atomic E-state index is 0.0145. The van der Waals surface area contributed by atoms with Gasteiger partial charge in [0, 0.05) is 11.9 Å². The molecular weight excluding hydrogens is 262 g/mol. The zero-order chi connectivity index (χ0) is 14.0. The van der Waals surface area contributed by atoms with E-state index in [1.807, 2.05) is 19.9 Å². The lowest BCUT2D eigenvalue weighted by Gasteiger charge is -2.10. The third-order valence-corrected chi connectivity index (χ3v) is 3.99. The maximum atomic E-state index is 12.2. The van der Waals surface area contributed by atoms with Crippen molar-refractivity contribution in [2.45, 2.75) is 18.7 Å². The number of hydrogen-bond donors (Lipinski definition) is 2. The summed E-state index contributed by atoms with van der Waals surface area (Å²) in [7, 11) is -3.72. The molecule has 100 valence electrons. The molecular formula is C13H15N3O2S. The molecule has 0 saturated carbocycles. The zero-order valence-electron chi connectivity index (χ0n) is 10.7. The van der Waals surface area contributed by atoms with Gasteiger partial charge in [0.05, 0.1) is 0 Å². The molecule has 1 aromatic heterocycles. The Morgan fingerprint density at radius 2 is 1.79 bits per heavy atom. The van der Waals surface area contributed by atoms with Crippen molar-refractivity contribution in [3.63, 3.8) is 0 Å². The SMILES string of the molecule is Cc1cc(C)cc(NS(=O)(=O)c2cccnc2N)c1. The lowest BCUT2D eigenvalue weighted by atomic mass is 10.1. The zero-order valence-corrected chi connectivity index (χ0v) is 11.5. The quantitative estimate of drug-likeness (QED) is 0.899. The van der Waals surface area contributed by atoms with Crippen molar-refractivity contribution >= 4 is 21.5 Å². The average Bonchev–Trinajstić information content (AvgIpc) is 2.26. The molecule has 19 heavy (non-hydrogen) atoms. The van der Waals surface area contributed by atoms with Gasteiger partial charge in [-0.3, -0.25) is 4.72 Å². The van der Waals surface area contributed by atoms with Gasteiger partial charge in [0.1, 0.15) is 10.7 Å². The van der Waals surface area contributed by atoms with Gasteiger partial charge in [-0.05, 0) is 49.2 Å². The molecule has 0 bridgehead atoms. The van der Waals surface area contributed by atoms with Crippen molar-refractivity contribution in [2.75, 3.05) is 10.5 Å². The lowest BCUT2D eigenvalue weighted by Crippen LogP contribution is -2.15. The molecule has 0 aliphatic heterocycles. The van der Waals surface area contributed by atoms with E-state index in [1.54, 1.807) is 12.1 Å². The summed E-state index contributed by atoms with van der Waals surface area (Å²) >= 11 is 0. The van der Waals surface area contributed by atoms with Crippen LogP contribution in [-0.4, -0.2) is 13.4 Å². The number of nitrogens with one attached hydrogen (secondary N) is 1. The third-order valence-electron chi connectivity index (χ3n) is 2.56. The van der Waals surface area contributed by atoms with Gasteiger partial charge in [0.25, 0.3) is 10.0 Å². The van der Waals surface area contributed by atoms with Crippen LogP contribution < -0.4 is 10.5 Å².